The Kier molecular flexibility index (Phi) is 2.83. The first-order valence-electron chi connectivity index (χ1n) is 3.63. The molecular weight excluding hydrogens is 210 g/mol. The largest absolute Gasteiger partial charge is 0.378 e. The predicted molar refractivity (Wildman–Crippen MR) is 53.8 cm³/mol. The summed E-state index contributed by atoms with van der Waals surface area (Å²) in [6.07, 6.45) is 0. The van der Waals surface area contributed by atoms with Crippen molar-refractivity contribution in [1.29, 1.82) is 0 Å². The standard InChI is InChI=1S/C8H10ClNO2S/c1-10(2)7-4-3-5-8(6-7)13(9,11)12/h3-6H,1-2H3. The molecule has 0 atom stereocenters. The van der Waals surface area contributed by atoms with Crippen LogP contribution in [0.1, 0.15) is 0 Å². The summed E-state index contributed by atoms with van der Waals surface area (Å²) in [7, 11) is 5.24. The summed E-state index contributed by atoms with van der Waals surface area (Å²) in [5, 5.41) is 0. The SMILES string of the molecule is CN(C)c1cccc(S(=O)(=O)Cl)c1. The molecule has 3 nitrogen and oxygen atoms in total. The summed E-state index contributed by atoms with van der Waals surface area (Å²) in [5.74, 6) is 0. The van der Waals surface area contributed by atoms with Crippen molar-refractivity contribution in [1.82, 2.24) is 0 Å². The molecule has 5 heteroatoms. The second-order valence-corrected chi connectivity index (χ2v) is 5.40. The fraction of sp³-hybridized carbons (Fsp3) is 0.250. The normalized spacial score (nSPS) is 11.3. The maximum absolute atomic E-state index is 11.0. The van der Waals surface area contributed by atoms with E-state index in [0.717, 1.165) is 5.69 Å². The molecule has 13 heavy (non-hydrogen) atoms. The third kappa shape index (κ3) is 2.60. The highest BCUT2D eigenvalue weighted by Gasteiger charge is 2.10. The molecule has 0 fully saturated rings. The Morgan fingerprint density at radius 1 is 1.31 bits per heavy atom. The van der Waals surface area contributed by atoms with Crippen LogP contribution in [0.15, 0.2) is 29.2 Å². The Morgan fingerprint density at radius 3 is 2.38 bits per heavy atom. The van der Waals surface area contributed by atoms with Gasteiger partial charge in [0.25, 0.3) is 9.05 Å². The lowest BCUT2D eigenvalue weighted by atomic mass is 10.3. The van der Waals surface area contributed by atoms with Crippen LogP contribution < -0.4 is 4.90 Å². The number of hydrogen-bond acceptors (Lipinski definition) is 3. The van der Waals surface area contributed by atoms with Gasteiger partial charge in [-0.2, -0.15) is 0 Å². The van der Waals surface area contributed by atoms with Gasteiger partial charge < -0.3 is 4.90 Å². The molecule has 0 N–H and O–H groups in total. The van der Waals surface area contributed by atoms with Gasteiger partial charge in [0.1, 0.15) is 0 Å². The first-order chi connectivity index (χ1) is 5.91. The van der Waals surface area contributed by atoms with Crippen molar-refractivity contribution in [3.8, 4) is 0 Å². The third-order valence-electron chi connectivity index (χ3n) is 1.62. The number of nitrogens with zero attached hydrogens (tertiary/aromatic N) is 1. The maximum atomic E-state index is 11.0. The molecule has 0 saturated carbocycles. The topological polar surface area (TPSA) is 37.4 Å². The van der Waals surface area contributed by atoms with Crippen molar-refractivity contribution in [3.05, 3.63) is 24.3 Å². The zero-order valence-electron chi connectivity index (χ0n) is 7.36. The molecule has 0 aromatic heterocycles. The molecule has 0 saturated heterocycles. The summed E-state index contributed by atoms with van der Waals surface area (Å²) < 4.78 is 21.9. The minimum atomic E-state index is -3.61. The predicted octanol–water partition coefficient (Wildman–Crippen LogP) is 1.68. The van der Waals surface area contributed by atoms with Gasteiger partial charge in [-0.25, -0.2) is 8.42 Å². The van der Waals surface area contributed by atoms with E-state index in [1.165, 1.54) is 12.1 Å². The van der Waals surface area contributed by atoms with Crippen LogP contribution in [0, 0.1) is 0 Å². The molecule has 1 aromatic rings. The first-order valence-corrected chi connectivity index (χ1v) is 5.94. The van der Waals surface area contributed by atoms with Crippen LogP contribution in [0.5, 0.6) is 0 Å². The van der Waals surface area contributed by atoms with E-state index in [1.54, 1.807) is 6.07 Å². The van der Waals surface area contributed by atoms with Crippen molar-refractivity contribution in [2.45, 2.75) is 4.90 Å². The summed E-state index contributed by atoms with van der Waals surface area (Å²) in [6.45, 7) is 0. The van der Waals surface area contributed by atoms with Crippen LogP contribution in [-0.4, -0.2) is 22.5 Å². The second kappa shape index (κ2) is 3.55. The lowest BCUT2D eigenvalue weighted by Crippen LogP contribution is -2.08. The second-order valence-electron chi connectivity index (χ2n) is 2.83. The fourth-order valence-electron chi connectivity index (χ4n) is 0.913. The van der Waals surface area contributed by atoms with Crippen molar-refractivity contribution >= 4 is 25.4 Å². The Balaban J connectivity index is 3.21. The van der Waals surface area contributed by atoms with E-state index in [1.807, 2.05) is 25.1 Å². The minimum absolute atomic E-state index is 0.125. The van der Waals surface area contributed by atoms with Gasteiger partial charge in [-0.15, -0.1) is 0 Å². The van der Waals surface area contributed by atoms with Crippen molar-refractivity contribution in [2.24, 2.45) is 0 Å². The Hall–Kier alpha value is -0.740. The van der Waals surface area contributed by atoms with Gasteiger partial charge in [-0.1, -0.05) is 6.07 Å². The molecular formula is C8H10ClNO2S. The number of halogens is 1. The van der Waals surface area contributed by atoms with Gasteiger partial charge in [0.2, 0.25) is 0 Å². The van der Waals surface area contributed by atoms with Gasteiger partial charge in [-0.3, -0.25) is 0 Å². The highest BCUT2D eigenvalue weighted by atomic mass is 35.7. The average molecular weight is 220 g/mol. The highest BCUT2D eigenvalue weighted by Crippen LogP contribution is 2.20. The monoisotopic (exact) mass is 219 g/mol. The van der Waals surface area contributed by atoms with Crippen LogP contribution in [0.4, 0.5) is 5.69 Å². The molecule has 0 aliphatic heterocycles. The van der Waals surface area contributed by atoms with Crippen LogP contribution in [0.2, 0.25) is 0 Å². The summed E-state index contributed by atoms with van der Waals surface area (Å²) in [4.78, 5) is 1.94. The van der Waals surface area contributed by atoms with Crippen molar-refractivity contribution in [2.75, 3.05) is 19.0 Å². The Bertz CT molecular complexity index is 400. The highest BCUT2D eigenvalue weighted by molar-refractivity contribution is 8.13. The lowest BCUT2D eigenvalue weighted by Gasteiger charge is -2.12. The van der Waals surface area contributed by atoms with E-state index < -0.39 is 9.05 Å². The molecule has 0 aliphatic rings. The zero-order valence-corrected chi connectivity index (χ0v) is 8.93. The van der Waals surface area contributed by atoms with Crippen LogP contribution in [0.25, 0.3) is 0 Å². The number of rotatable bonds is 2. The van der Waals surface area contributed by atoms with Crippen LogP contribution in [-0.2, 0) is 9.05 Å². The van der Waals surface area contributed by atoms with Crippen molar-refractivity contribution in [3.63, 3.8) is 0 Å². The molecule has 0 bridgehead atoms. The molecule has 0 spiro atoms. The third-order valence-corrected chi connectivity index (χ3v) is 2.97. The molecule has 0 radical (unpaired) electrons. The molecule has 0 unspecified atom stereocenters. The maximum Gasteiger partial charge on any atom is 0.261 e. The molecule has 0 heterocycles. The molecule has 72 valence electrons. The minimum Gasteiger partial charge on any atom is -0.378 e. The van der Waals surface area contributed by atoms with Gasteiger partial charge in [0.15, 0.2) is 0 Å². The lowest BCUT2D eigenvalue weighted by molar-refractivity contribution is 0.609. The van der Waals surface area contributed by atoms with Crippen LogP contribution in [0.3, 0.4) is 0 Å². The van der Waals surface area contributed by atoms with Gasteiger partial charge in [0, 0.05) is 30.5 Å². The first kappa shape index (κ1) is 10.3. The molecule has 0 amide bonds. The summed E-state index contributed by atoms with van der Waals surface area (Å²) in [5.41, 5.74) is 0.807. The fourth-order valence-corrected chi connectivity index (χ4v) is 1.70. The molecule has 1 aromatic carbocycles. The van der Waals surface area contributed by atoms with E-state index in [2.05, 4.69) is 0 Å². The Labute approximate surface area is 82.4 Å². The molecule has 1 rings (SSSR count). The van der Waals surface area contributed by atoms with Gasteiger partial charge in [0.05, 0.1) is 4.90 Å². The van der Waals surface area contributed by atoms with Crippen LogP contribution >= 0.6 is 10.7 Å². The summed E-state index contributed by atoms with van der Waals surface area (Å²) in [6, 6.07) is 6.47. The summed E-state index contributed by atoms with van der Waals surface area (Å²) >= 11 is 0. The van der Waals surface area contributed by atoms with E-state index >= 15 is 0 Å². The quantitative estimate of drug-likeness (QED) is 0.711. The smallest absolute Gasteiger partial charge is 0.261 e. The number of benzene rings is 1. The van der Waals surface area contributed by atoms with Gasteiger partial charge in [-0.05, 0) is 18.2 Å². The van der Waals surface area contributed by atoms with E-state index in [4.69, 9.17) is 10.7 Å². The van der Waals surface area contributed by atoms with Gasteiger partial charge >= 0.3 is 0 Å². The van der Waals surface area contributed by atoms with Crippen molar-refractivity contribution < 1.29 is 8.42 Å². The number of anilines is 1. The van der Waals surface area contributed by atoms with E-state index in [9.17, 15) is 8.42 Å². The average Bonchev–Trinajstić information content (AvgIpc) is 2.03. The molecule has 0 aliphatic carbocycles. The van der Waals surface area contributed by atoms with E-state index in [0.29, 0.717) is 0 Å². The zero-order chi connectivity index (χ0) is 10.1. The van der Waals surface area contributed by atoms with E-state index in [-0.39, 0.29) is 4.90 Å². The Morgan fingerprint density at radius 2 is 1.92 bits per heavy atom. The number of hydrogen-bond donors (Lipinski definition) is 0.